The zero-order valence-corrected chi connectivity index (χ0v) is 8.77. The highest BCUT2D eigenvalue weighted by molar-refractivity contribution is 7.10. The van der Waals surface area contributed by atoms with Crippen LogP contribution in [-0.2, 0) is 0 Å². The summed E-state index contributed by atoms with van der Waals surface area (Å²) in [7, 11) is 0. The molecule has 0 saturated heterocycles. The van der Waals surface area contributed by atoms with Crippen molar-refractivity contribution in [2.24, 2.45) is 5.92 Å². The molecule has 1 fully saturated rings. The number of nitrogens with zero attached hydrogens (tertiary/aromatic N) is 2. The molecule has 1 aromatic rings. The fourth-order valence-electron chi connectivity index (χ4n) is 1.55. The minimum absolute atomic E-state index is 0.341. The molecule has 1 aliphatic carbocycles. The quantitative estimate of drug-likeness (QED) is 0.794. The molecule has 1 aromatic heterocycles. The number of nitrogens with one attached hydrogen (secondary N) is 1. The zero-order valence-electron chi connectivity index (χ0n) is 7.95. The second-order valence-electron chi connectivity index (χ2n) is 3.54. The van der Waals surface area contributed by atoms with E-state index < -0.39 is 0 Å². The molecule has 0 radical (unpaired) electrons. The van der Waals surface area contributed by atoms with Gasteiger partial charge in [0.25, 0.3) is 0 Å². The highest BCUT2D eigenvalue weighted by Gasteiger charge is 2.36. The Labute approximate surface area is 86.9 Å². The van der Waals surface area contributed by atoms with Crippen molar-refractivity contribution in [1.82, 2.24) is 4.37 Å². The Morgan fingerprint density at radius 3 is 3.14 bits per heavy atom. The first-order valence-corrected chi connectivity index (χ1v) is 5.45. The van der Waals surface area contributed by atoms with Gasteiger partial charge in [-0.15, -0.1) is 0 Å². The first-order valence-electron chi connectivity index (χ1n) is 4.68. The van der Waals surface area contributed by atoms with E-state index in [1.807, 2.05) is 0 Å². The lowest BCUT2D eigenvalue weighted by molar-refractivity contribution is 0.775. The Bertz CT molecular complexity index is 379. The third kappa shape index (κ3) is 1.53. The van der Waals surface area contributed by atoms with Crippen molar-refractivity contribution < 1.29 is 0 Å². The van der Waals surface area contributed by atoms with E-state index in [1.165, 1.54) is 24.4 Å². The van der Waals surface area contributed by atoms with Crippen molar-refractivity contribution in [2.45, 2.75) is 25.8 Å². The largest absolute Gasteiger partial charge is 0.382 e. The molecule has 0 aromatic carbocycles. The Morgan fingerprint density at radius 2 is 2.57 bits per heavy atom. The first-order chi connectivity index (χ1) is 6.76. The number of nitrogen functional groups attached to an aromatic ring is 1. The molecule has 1 heterocycles. The molecule has 1 saturated carbocycles. The summed E-state index contributed by atoms with van der Waals surface area (Å²) >= 11 is 1.27. The van der Waals surface area contributed by atoms with Crippen LogP contribution in [0.25, 0.3) is 0 Å². The van der Waals surface area contributed by atoms with E-state index in [2.05, 4.69) is 22.7 Å². The van der Waals surface area contributed by atoms with E-state index in [0.717, 1.165) is 10.9 Å². The predicted molar refractivity (Wildman–Crippen MR) is 57.1 cm³/mol. The van der Waals surface area contributed by atoms with Gasteiger partial charge in [0.15, 0.2) is 5.82 Å². The molecule has 2 rings (SSSR count). The lowest BCUT2D eigenvalue weighted by Crippen LogP contribution is -2.04. The van der Waals surface area contributed by atoms with Gasteiger partial charge in [0.05, 0.1) is 0 Å². The van der Waals surface area contributed by atoms with Gasteiger partial charge < -0.3 is 11.1 Å². The van der Waals surface area contributed by atoms with Crippen LogP contribution in [0.15, 0.2) is 0 Å². The van der Waals surface area contributed by atoms with Gasteiger partial charge in [-0.2, -0.15) is 9.64 Å². The van der Waals surface area contributed by atoms with Crippen LogP contribution in [0.2, 0.25) is 0 Å². The number of rotatable bonds is 3. The van der Waals surface area contributed by atoms with Gasteiger partial charge >= 0.3 is 0 Å². The molecule has 1 aliphatic rings. The van der Waals surface area contributed by atoms with E-state index in [1.54, 1.807) is 0 Å². The number of hydrogen-bond donors (Lipinski definition) is 2. The van der Waals surface area contributed by atoms with Crippen LogP contribution < -0.4 is 11.1 Å². The summed E-state index contributed by atoms with van der Waals surface area (Å²) < 4.78 is 3.95. The van der Waals surface area contributed by atoms with Crippen molar-refractivity contribution in [3.8, 4) is 6.07 Å². The summed E-state index contributed by atoms with van der Waals surface area (Å²) in [6, 6.07) is 2.59. The SMILES string of the molecule is CCC1CC1Nc1snc(N)c1C#N. The van der Waals surface area contributed by atoms with Crippen LogP contribution in [0.5, 0.6) is 0 Å². The van der Waals surface area contributed by atoms with Gasteiger partial charge in [-0.1, -0.05) is 13.3 Å². The summed E-state index contributed by atoms with van der Waals surface area (Å²) in [4.78, 5) is 0. The normalized spacial score (nSPS) is 24.3. The van der Waals surface area contributed by atoms with E-state index in [9.17, 15) is 0 Å². The van der Waals surface area contributed by atoms with Gasteiger partial charge in [0, 0.05) is 6.04 Å². The highest BCUT2D eigenvalue weighted by atomic mass is 32.1. The monoisotopic (exact) mass is 208 g/mol. The molecule has 14 heavy (non-hydrogen) atoms. The summed E-state index contributed by atoms with van der Waals surface area (Å²) in [6.45, 7) is 2.18. The maximum absolute atomic E-state index is 8.84. The maximum Gasteiger partial charge on any atom is 0.157 e. The standard InChI is InChI=1S/C9H12N4S/c1-2-5-3-7(5)12-9-6(4-10)8(11)13-14-9/h5,7,12H,2-3H2,1H3,(H2,11,13). The van der Waals surface area contributed by atoms with Gasteiger partial charge in [-0.05, 0) is 23.9 Å². The molecular formula is C9H12N4S. The molecule has 5 heteroatoms. The maximum atomic E-state index is 8.84. The minimum atomic E-state index is 0.341. The van der Waals surface area contributed by atoms with Crippen LogP contribution in [0.3, 0.4) is 0 Å². The fraction of sp³-hybridized carbons (Fsp3) is 0.556. The van der Waals surface area contributed by atoms with E-state index in [4.69, 9.17) is 11.0 Å². The molecule has 0 spiro atoms. The van der Waals surface area contributed by atoms with Crippen LogP contribution >= 0.6 is 11.5 Å². The summed E-state index contributed by atoms with van der Waals surface area (Å²) in [6.07, 6.45) is 2.38. The third-order valence-corrected chi connectivity index (χ3v) is 3.39. The van der Waals surface area contributed by atoms with Crippen LogP contribution in [0.4, 0.5) is 10.8 Å². The molecule has 0 bridgehead atoms. The predicted octanol–water partition coefficient (Wildman–Crippen LogP) is 1.81. The smallest absolute Gasteiger partial charge is 0.157 e. The van der Waals surface area contributed by atoms with Gasteiger partial charge in [0.1, 0.15) is 16.6 Å². The van der Waals surface area contributed by atoms with Gasteiger partial charge in [-0.25, -0.2) is 0 Å². The van der Waals surface area contributed by atoms with Crippen molar-refractivity contribution in [2.75, 3.05) is 11.1 Å². The highest BCUT2D eigenvalue weighted by Crippen LogP contribution is 2.38. The molecule has 74 valence electrons. The Kier molecular flexibility index (Phi) is 2.30. The molecule has 2 unspecified atom stereocenters. The molecule has 0 aliphatic heterocycles. The zero-order chi connectivity index (χ0) is 10.1. The summed E-state index contributed by atoms with van der Waals surface area (Å²) in [5, 5.41) is 13.0. The van der Waals surface area contributed by atoms with Crippen molar-refractivity contribution in [3.05, 3.63) is 5.56 Å². The number of hydrogen-bond acceptors (Lipinski definition) is 5. The number of nitriles is 1. The average Bonchev–Trinajstić information content (AvgIpc) is 2.84. The summed E-state index contributed by atoms with van der Waals surface area (Å²) in [5.41, 5.74) is 6.05. The fourth-order valence-corrected chi connectivity index (χ4v) is 2.28. The van der Waals surface area contributed by atoms with Crippen LogP contribution in [0.1, 0.15) is 25.3 Å². The van der Waals surface area contributed by atoms with E-state index in [-0.39, 0.29) is 0 Å². The number of nitrogens with two attached hydrogens (primary N) is 1. The number of anilines is 2. The lowest BCUT2D eigenvalue weighted by atomic mass is 10.3. The Morgan fingerprint density at radius 1 is 1.79 bits per heavy atom. The topological polar surface area (TPSA) is 74.7 Å². The number of aromatic nitrogens is 1. The molecule has 3 N–H and O–H groups in total. The van der Waals surface area contributed by atoms with Crippen molar-refractivity contribution >= 4 is 22.4 Å². The van der Waals surface area contributed by atoms with Gasteiger partial charge in [-0.3, -0.25) is 0 Å². The second-order valence-corrected chi connectivity index (χ2v) is 4.31. The average molecular weight is 208 g/mol. The molecule has 4 nitrogen and oxygen atoms in total. The molecule has 2 atom stereocenters. The first kappa shape index (κ1) is 9.28. The van der Waals surface area contributed by atoms with Crippen LogP contribution in [0, 0.1) is 17.2 Å². The summed E-state index contributed by atoms with van der Waals surface area (Å²) in [5.74, 6) is 1.10. The van der Waals surface area contributed by atoms with Crippen LogP contribution in [-0.4, -0.2) is 10.4 Å². The second kappa shape index (κ2) is 3.46. The molecular weight excluding hydrogens is 196 g/mol. The van der Waals surface area contributed by atoms with Crippen molar-refractivity contribution in [1.29, 1.82) is 5.26 Å². The molecule has 0 amide bonds. The Hall–Kier alpha value is -1.28. The van der Waals surface area contributed by atoms with E-state index in [0.29, 0.717) is 17.4 Å². The lowest BCUT2D eigenvalue weighted by Gasteiger charge is -2.00. The van der Waals surface area contributed by atoms with Crippen molar-refractivity contribution in [3.63, 3.8) is 0 Å². The van der Waals surface area contributed by atoms with Gasteiger partial charge in [0.2, 0.25) is 0 Å². The van der Waals surface area contributed by atoms with E-state index >= 15 is 0 Å². The Balaban J connectivity index is 2.07. The minimum Gasteiger partial charge on any atom is -0.382 e. The third-order valence-electron chi connectivity index (χ3n) is 2.59.